The fourth-order valence-corrected chi connectivity index (χ4v) is 1.58. The Morgan fingerprint density at radius 2 is 1.65 bits per heavy atom. The summed E-state index contributed by atoms with van der Waals surface area (Å²) < 4.78 is 0. The third-order valence-corrected chi connectivity index (χ3v) is 2.89. The van der Waals surface area contributed by atoms with Crippen molar-refractivity contribution in [3.8, 4) is 0 Å². The Morgan fingerprint density at radius 3 is 1.82 bits per heavy atom. The van der Waals surface area contributed by atoms with Gasteiger partial charge in [-0.25, -0.2) is 0 Å². The first-order valence-electron chi connectivity index (χ1n) is 4.67. The maximum absolute atomic E-state index is 11.0. The third kappa shape index (κ3) is 7.06. The summed E-state index contributed by atoms with van der Waals surface area (Å²) in [6.45, 7) is 6.74. The number of carbonyl (C=O) groups excluding carboxylic acids is 1. The van der Waals surface area contributed by atoms with E-state index in [1.54, 1.807) is 13.8 Å². The maximum Gasteiger partial charge on any atom is 1.00 e. The predicted octanol–water partition coefficient (Wildman–Crippen LogP) is -1.21. The average molecular weight is 256 g/mol. The fraction of sp³-hybridized carbons (Fsp3) is 0.833. The van der Waals surface area contributed by atoms with Crippen LogP contribution in [-0.4, -0.2) is 17.0 Å². The molecular weight excluding hydrogens is 231 g/mol. The van der Waals surface area contributed by atoms with Crippen LogP contribution in [0.2, 0.25) is 0 Å². The molecule has 2 unspecified atom stereocenters. The molecule has 0 heterocycles. The molecule has 0 rings (SSSR count). The van der Waals surface area contributed by atoms with E-state index in [4.69, 9.17) is 5.11 Å². The van der Waals surface area contributed by atoms with Crippen molar-refractivity contribution < 1.29 is 49.4 Å². The topological polar surface area (TPSA) is 77.4 Å². The van der Waals surface area contributed by atoms with Crippen molar-refractivity contribution in [2.24, 2.45) is 17.3 Å². The molecule has 0 aliphatic rings. The number of hydrogen-bond donors (Lipinski definition) is 1. The standard InChI is InChI=1S/C10H18O4.2CH4.Na/c1-5-10(3,4)7(9(13)14)6(2)8(11)12;;;/h6-7H,5H2,1-4H3,(H,11,12)(H,13,14);2*1H4;/q;;;+1/p-1. The molecule has 0 aromatic carbocycles. The summed E-state index contributed by atoms with van der Waals surface area (Å²) in [5.74, 6) is -4.26. The molecule has 0 saturated heterocycles. The quantitative estimate of drug-likeness (QED) is 0.626. The van der Waals surface area contributed by atoms with Crippen LogP contribution in [0, 0.1) is 17.3 Å². The van der Waals surface area contributed by atoms with Crippen LogP contribution < -0.4 is 34.7 Å². The minimum Gasteiger partial charge on any atom is -0.550 e. The van der Waals surface area contributed by atoms with Crippen molar-refractivity contribution in [1.29, 1.82) is 0 Å². The summed E-state index contributed by atoms with van der Waals surface area (Å²) in [6, 6.07) is 0. The smallest absolute Gasteiger partial charge is 0.550 e. The van der Waals surface area contributed by atoms with E-state index in [1.165, 1.54) is 6.92 Å². The molecule has 0 saturated carbocycles. The molecule has 5 heteroatoms. The van der Waals surface area contributed by atoms with Gasteiger partial charge in [0, 0.05) is 11.9 Å². The van der Waals surface area contributed by atoms with Crippen molar-refractivity contribution in [2.75, 3.05) is 0 Å². The van der Waals surface area contributed by atoms with Crippen molar-refractivity contribution in [3.63, 3.8) is 0 Å². The molecule has 98 valence electrons. The largest absolute Gasteiger partial charge is 1.00 e. The minimum absolute atomic E-state index is 0. The van der Waals surface area contributed by atoms with E-state index >= 15 is 0 Å². The SMILES string of the molecule is C.C.CCC(C)(C)C(C(=O)O)C(C)C(=O)[O-].[Na+]. The van der Waals surface area contributed by atoms with Crippen LogP contribution in [0.15, 0.2) is 0 Å². The van der Waals surface area contributed by atoms with Crippen LogP contribution in [0.5, 0.6) is 0 Å². The van der Waals surface area contributed by atoms with Gasteiger partial charge in [0.15, 0.2) is 0 Å². The van der Waals surface area contributed by atoms with Crippen LogP contribution in [0.3, 0.4) is 0 Å². The van der Waals surface area contributed by atoms with Gasteiger partial charge in [0.2, 0.25) is 0 Å². The monoisotopic (exact) mass is 256 g/mol. The van der Waals surface area contributed by atoms with Gasteiger partial charge in [-0.3, -0.25) is 4.79 Å². The summed E-state index contributed by atoms with van der Waals surface area (Å²) in [5, 5.41) is 19.6. The van der Waals surface area contributed by atoms with Gasteiger partial charge in [-0.05, 0) is 5.41 Å². The van der Waals surface area contributed by atoms with E-state index in [-0.39, 0.29) is 44.4 Å². The molecule has 0 spiro atoms. The van der Waals surface area contributed by atoms with Crippen LogP contribution in [0.4, 0.5) is 0 Å². The van der Waals surface area contributed by atoms with Gasteiger partial charge in [0.05, 0.1) is 5.92 Å². The molecule has 4 nitrogen and oxygen atoms in total. The first-order valence-corrected chi connectivity index (χ1v) is 4.67. The second-order valence-electron chi connectivity index (χ2n) is 4.27. The Balaban J connectivity index is -0.000000282. The molecule has 0 aromatic rings. The summed E-state index contributed by atoms with van der Waals surface area (Å²) in [7, 11) is 0. The van der Waals surface area contributed by atoms with Crippen LogP contribution in [0.1, 0.15) is 49.0 Å². The van der Waals surface area contributed by atoms with Crippen molar-refractivity contribution in [3.05, 3.63) is 0 Å². The molecule has 0 fully saturated rings. The van der Waals surface area contributed by atoms with Crippen LogP contribution >= 0.6 is 0 Å². The molecular formula is C12H25NaO4. The summed E-state index contributed by atoms with van der Waals surface area (Å²) >= 11 is 0. The predicted molar refractivity (Wildman–Crippen MR) is 62.8 cm³/mol. The van der Waals surface area contributed by atoms with Gasteiger partial charge in [-0.1, -0.05) is 49.0 Å². The van der Waals surface area contributed by atoms with Crippen LogP contribution in [0.25, 0.3) is 0 Å². The molecule has 0 bridgehead atoms. The number of carboxylic acids is 2. The van der Waals surface area contributed by atoms with Gasteiger partial charge in [-0.15, -0.1) is 0 Å². The minimum atomic E-state index is -1.31. The van der Waals surface area contributed by atoms with Crippen molar-refractivity contribution in [2.45, 2.75) is 49.0 Å². The van der Waals surface area contributed by atoms with Gasteiger partial charge in [0.1, 0.15) is 0 Å². The van der Waals surface area contributed by atoms with E-state index in [0.29, 0.717) is 6.42 Å². The second kappa shape index (κ2) is 9.92. The van der Waals surface area contributed by atoms with E-state index in [2.05, 4.69) is 0 Å². The molecule has 0 aromatic heterocycles. The van der Waals surface area contributed by atoms with Crippen molar-refractivity contribution >= 4 is 11.9 Å². The number of aliphatic carboxylic acids is 2. The fourth-order valence-electron chi connectivity index (χ4n) is 1.58. The van der Waals surface area contributed by atoms with Gasteiger partial charge in [-0.2, -0.15) is 0 Å². The molecule has 17 heavy (non-hydrogen) atoms. The Hall–Kier alpha value is -0.0600. The molecule has 2 atom stereocenters. The summed E-state index contributed by atoms with van der Waals surface area (Å²) in [4.78, 5) is 21.6. The Kier molecular flexibility index (Phi) is 15.0. The van der Waals surface area contributed by atoms with E-state index in [9.17, 15) is 14.7 Å². The summed E-state index contributed by atoms with van der Waals surface area (Å²) in [5.41, 5.74) is -0.536. The normalized spacial score (nSPS) is 13.2. The van der Waals surface area contributed by atoms with E-state index in [1.807, 2.05) is 6.92 Å². The first-order chi connectivity index (χ1) is 6.24. The van der Waals surface area contributed by atoms with Crippen LogP contribution in [-0.2, 0) is 9.59 Å². The second-order valence-corrected chi connectivity index (χ2v) is 4.27. The van der Waals surface area contributed by atoms with Gasteiger partial charge >= 0.3 is 35.5 Å². The zero-order valence-electron chi connectivity index (χ0n) is 10.0. The molecule has 1 N–H and O–H groups in total. The number of carbonyl (C=O) groups is 2. The molecule has 0 aliphatic carbocycles. The van der Waals surface area contributed by atoms with Crippen molar-refractivity contribution in [1.82, 2.24) is 0 Å². The van der Waals surface area contributed by atoms with Gasteiger partial charge in [0.25, 0.3) is 0 Å². The van der Waals surface area contributed by atoms with Gasteiger partial charge < -0.3 is 15.0 Å². The first kappa shape index (κ1) is 25.7. The summed E-state index contributed by atoms with van der Waals surface area (Å²) in [6.07, 6.45) is 0.613. The van der Waals surface area contributed by atoms with E-state index in [0.717, 1.165) is 0 Å². The average Bonchev–Trinajstić information content (AvgIpc) is 2.03. The Morgan fingerprint density at radius 1 is 1.29 bits per heavy atom. The Labute approximate surface area is 127 Å². The molecule has 0 amide bonds. The number of carboxylic acid groups (broad SMARTS) is 2. The zero-order chi connectivity index (χ0) is 11.5. The Bertz CT molecular complexity index is 239. The molecule has 0 aliphatic heterocycles. The number of hydrogen-bond acceptors (Lipinski definition) is 3. The maximum atomic E-state index is 11.0. The molecule has 0 radical (unpaired) electrons. The zero-order valence-corrected chi connectivity index (χ0v) is 12.0. The third-order valence-electron chi connectivity index (χ3n) is 2.89. The number of rotatable bonds is 5. The van der Waals surface area contributed by atoms with E-state index < -0.39 is 29.2 Å².